The molecule has 3 rings (SSSR count). The summed E-state index contributed by atoms with van der Waals surface area (Å²) in [6, 6.07) is 19.7. The third-order valence-corrected chi connectivity index (χ3v) is 4.81. The van der Waals surface area contributed by atoms with E-state index in [1.165, 1.54) is 35.2 Å². The van der Waals surface area contributed by atoms with Crippen LogP contribution in [0.15, 0.2) is 78.6 Å². The van der Waals surface area contributed by atoms with Crippen LogP contribution < -0.4 is 9.64 Å². The van der Waals surface area contributed by atoms with E-state index in [4.69, 9.17) is 9.47 Å². The highest BCUT2D eigenvalue weighted by Crippen LogP contribution is 2.26. The van der Waals surface area contributed by atoms with E-state index in [9.17, 15) is 24.8 Å². The molecule has 0 fully saturated rings. The van der Waals surface area contributed by atoms with Gasteiger partial charge in [0.2, 0.25) is 5.76 Å². The number of non-ortho nitro benzene ring substituents is 1. The largest absolute Gasteiger partial charge is 0.487 e. The third-order valence-electron chi connectivity index (χ3n) is 4.81. The summed E-state index contributed by atoms with van der Waals surface area (Å²) in [6.45, 7) is 1.97. The molecule has 0 unspecified atom stereocenters. The molecule has 0 aliphatic rings. The third kappa shape index (κ3) is 5.98. The van der Waals surface area contributed by atoms with Gasteiger partial charge in [-0.2, -0.15) is 0 Å². The molecule has 0 saturated heterocycles. The Morgan fingerprint density at radius 3 is 2.29 bits per heavy atom. The van der Waals surface area contributed by atoms with Crippen molar-refractivity contribution in [2.24, 2.45) is 0 Å². The minimum Gasteiger partial charge on any atom is -0.487 e. The first kappa shape index (κ1) is 24.0. The minimum absolute atomic E-state index is 0.0977. The van der Waals surface area contributed by atoms with Crippen LogP contribution in [-0.4, -0.2) is 35.7 Å². The van der Waals surface area contributed by atoms with Crippen LogP contribution in [0.4, 0.5) is 16.2 Å². The van der Waals surface area contributed by atoms with E-state index in [-0.39, 0.29) is 23.8 Å². The lowest BCUT2D eigenvalue weighted by molar-refractivity contribution is -0.384. The Bertz CT molecular complexity index is 1220. The molecule has 0 aromatic heterocycles. The first-order valence-electron chi connectivity index (χ1n) is 10.3. The van der Waals surface area contributed by atoms with Crippen LogP contribution >= 0.6 is 0 Å². The molecule has 174 valence electrons. The number of nitrogens with zero attached hydrogens (tertiary/aromatic N) is 2. The van der Waals surface area contributed by atoms with E-state index in [0.717, 1.165) is 11.1 Å². The Hall–Kier alpha value is -4.66. The van der Waals surface area contributed by atoms with E-state index in [0.29, 0.717) is 11.3 Å². The highest BCUT2D eigenvalue weighted by molar-refractivity contribution is 5.90. The molecule has 1 N–H and O–H groups in total. The lowest BCUT2D eigenvalue weighted by Crippen LogP contribution is -2.29. The van der Waals surface area contributed by atoms with Gasteiger partial charge in [0.1, 0.15) is 5.75 Å². The zero-order valence-electron chi connectivity index (χ0n) is 18.5. The van der Waals surface area contributed by atoms with Crippen molar-refractivity contribution in [2.75, 3.05) is 18.6 Å². The summed E-state index contributed by atoms with van der Waals surface area (Å²) >= 11 is 0. The Kier molecular flexibility index (Phi) is 7.60. The molecule has 3 aromatic rings. The van der Waals surface area contributed by atoms with Crippen LogP contribution in [0.3, 0.4) is 0 Å². The lowest BCUT2D eigenvalue weighted by atomic mass is 10.0. The maximum absolute atomic E-state index is 12.5. The molecule has 9 nitrogen and oxygen atoms in total. The lowest BCUT2D eigenvalue weighted by Gasteiger charge is -2.18. The van der Waals surface area contributed by atoms with Gasteiger partial charge in [-0.1, -0.05) is 36.4 Å². The fourth-order valence-electron chi connectivity index (χ4n) is 3.05. The molecular formula is C25H22N2O7. The number of carboxylic acid groups (broad SMARTS) is 1. The van der Waals surface area contributed by atoms with Crippen LogP contribution in [-0.2, 0) is 9.53 Å². The average Bonchev–Trinajstić information content (AvgIpc) is 2.84. The van der Waals surface area contributed by atoms with E-state index in [2.05, 4.69) is 0 Å². The number of anilines is 1. The zero-order chi connectivity index (χ0) is 24.7. The first-order chi connectivity index (χ1) is 16.3. The number of hydrogen-bond donors (Lipinski definition) is 1. The standard InChI is InChI=1S/C25H22N2O7/c1-3-33-23(24(28)29)15-17-7-9-18(10-8-17)19-5-4-6-21(16-19)26(2)25(30)34-22-13-11-20(12-14-22)27(31)32/h4-16H,3H2,1-2H3,(H,28,29)/b23-15-. The topological polar surface area (TPSA) is 119 Å². The molecule has 0 radical (unpaired) electrons. The monoisotopic (exact) mass is 462 g/mol. The highest BCUT2D eigenvalue weighted by atomic mass is 16.6. The number of carboxylic acids is 1. The van der Waals surface area contributed by atoms with Gasteiger partial charge in [0.25, 0.3) is 5.69 Å². The van der Waals surface area contributed by atoms with Crippen molar-refractivity contribution in [3.63, 3.8) is 0 Å². The molecular weight excluding hydrogens is 440 g/mol. The van der Waals surface area contributed by atoms with Gasteiger partial charge in [-0.15, -0.1) is 0 Å². The molecule has 9 heteroatoms. The zero-order valence-corrected chi connectivity index (χ0v) is 18.5. The Morgan fingerprint density at radius 2 is 1.71 bits per heavy atom. The van der Waals surface area contributed by atoms with Gasteiger partial charge in [-0.05, 0) is 54.0 Å². The van der Waals surface area contributed by atoms with Crippen molar-refractivity contribution in [2.45, 2.75) is 6.92 Å². The molecule has 1 amide bonds. The molecule has 3 aromatic carbocycles. The summed E-state index contributed by atoms with van der Waals surface area (Å²) in [4.78, 5) is 35.3. The number of carbonyl (C=O) groups excluding carboxylic acids is 1. The van der Waals surface area contributed by atoms with Crippen molar-refractivity contribution >= 4 is 29.5 Å². The van der Waals surface area contributed by atoms with Gasteiger partial charge >= 0.3 is 12.1 Å². The summed E-state index contributed by atoms with van der Waals surface area (Å²) in [5.41, 5.74) is 2.86. The maximum atomic E-state index is 12.5. The molecule has 0 aliphatic heterocycles. The van der Waals surface area contributed by atoms with Crippen molar-refractivity contribution in [3.05, 3.63) is 94.2 Å². The number of ether oxygens (including phenoxy) is 2. The summed E-state index contributed by atoms with van der Waals surface area (Å²) < 4.78 is 10.4. The van der Waals surface area contributed by atoms with E-state index in [1.807, 2.05) is 24.3 Å². The fourth-order valence-corrected chi connectivity index (χ4v) is 3.05. The van der Waals surface area contributed by atoms with Gasteiger partial charge in [-0.3, -0.25) is 15.0 Å². The number of nitro benzene ring substituents is 1. The number of carbonyl (C=O) groups is 2. The van der Waals surface area contributed by atoms with Gasteiger partial charge < -0.3 is 14.6 Å². The number of benzene rings is 3. The van der Waals surface area contributed by atoms with Crippen LogP contribution in [0.25, 0.3) is 17.2 Å². The summed E-state index contributed by atoms with van der Waals surface area (Å²) in [5.74, 6) is -1.08. The quantitative estimate of drug-likeness (QED) is 0.207. The minimum atomic E-state index is -1.14. The Labute approximate surface area is 195 Å². The predicted molar refractivity (Wildman–Crippen MR) is 127 cm³/mol. The smallest absolute Gasteiger partial charge is 0.419 e. The van der Waals surface area contributed by atoms with Gasteiger partial charge in [0.15, 0.2) is 0 Å². The number of nitro groups is 1. The predicted octanol–water partition coefficient (Wildman–Crippen LogP) is 5.36. The van der Waals surface area contributed by atoms with Crippen LogP contribution in [0, 0.1) is 10.1 Å². The summed E-state index contributed by atoms with van der Waals surface area (Å²) in [5, 5.41) is 19.9. The molecule has 0 atom stereocenters. The Balaban J connectivity index is 1.74. The summed E-state index contributed by atoms with van der Waals surface area (Å²) in [6.07, 6.45) is 0.803. The van der Waals surface area contributed by atoms with Crippen LogP contribution in [0.5, 0.6) is 5.75 Å². The SMILES string of the molecule is CCO/C(=C\c1ccc(-c2cccc(N(C)C(=O)Oc3ccc([N+](=O)[O-])cc3)c2)cc1)C(=O)O. The molecule has 0 saturated carbocycles. The van der Waals surface area contributed by atoms with Crippen molar-refractivity contribution < 1.29 is 29.1 Å². The van der Waals surface area contributed by atoms with E-state index < -0.39 is 17.0 Å². The van der Waals surface area contributed by atoms with E-state index >= 15 is 0 Å². The van der Waals surface area contributed by atoms with Gasteiger partial charge in [-0.25, -0.2) is 9.59 Å². The fraction of sp³-hybridized carbons (Fsp3) is 0.120. The van der Waals surface area contributed by atoms with E-state index in [1.54, 1.807) is 38.2 Å². The Morgan fingerprint density at radius 1 is 1.03 bits per heavy atom. The number of aliphatic carboxylic acids is 1. The number of amides is 1. The molecule has 0 aliphatic carbocycles. The maximum Gasteiger partial charge on any atom is 0.419 e. The molecule has 0 heterocycles. The number of hydrogen-bond acceptors (Lipinski definition) is 6. The highest BCUT2D eigenvalue weighted by Gasteiger charge is 2.15. The number of rotatable bonds is 8. The van der Waals surface area contributed by atoms with Crippen LogP contribution in [0.1, 0.15) is 12.5 Å². The van der Waals surface area contributed by atoms with Gasteiger partial charge in [0.05, 0.1) is 11.5 Å². The molecule has 0 spiro atoms. The second kappa shape index (κ2) is 10.8. The first-order valence-corrected chi connectivity index (χ1v) is 10.3. The van der Waals surface area contributed by atoms with Crippen molar-refractivity contribution in [1.82, 2.24) is 0 Å². The second-order valence-electron chi connectivity index (χ2n) is 7.10. The van der Waals surface area contributed by atoms with Crippen molar-refractivity contribution in [1.29, 1.82) is 0 Å². The normalized spacial score (nSPS) is 10.9. The summed E-state index contributed by atoms with van der Waals surface area (Å²) in [7, 11) is 1.56. The van der Waals surface area contributed by atoms with Gasteiger partial charge in [0, 0.05) is 24.9 Å². The second-order valence-corrected chi connectivity index (χ2v) is 7.10. The van der Waals surface area contributed by atoms with Crippen LogP contribution in [0.2, 0.25) is 0 Å². The molecule has 34 heavy (non-hydrogen) atoms. The average molecular weight is 462 g/mol. The molecule has 0 bridgehead atoms. The van der Waals surface area contributed by atoms with Crippen molar-refractivity contribution in [3.8, 4) is 16.9 Å².